The monoisotopic (exact) mass is 182 g/mol. The van der Waals surface area contributed by atoms with E-state index in [-0.39, 0.29) is 0 Å². The molecule has 1 aromatic heterocycles. The molecule has 66 valence electrons. The van der Waals surface area contributed by atoms with Crippen LogP contribution in [0.4, 0.5) is 0 Å². The first-order chi connectivity index (χ1) is 5.81. The van der Waals surface area contributed by atoms with Crippen molar-refractivity contribution in [2.45, 2.75) is 25.8 Å². The van der Waals surface area contributed by atoms with Gasteiger partial charge in [-0.15, -0.1) is 0 Å². The highest BCUT2D eigenvalue weighted by Crippen LogP contribution is 2.41. The standard InChI is InChI=1S/C9H14N2S/c1-6-5-8(12-11-6)9(10-2)7-3-4-7/h5,7,9-10H,3-4H2,1-2H3. The van der Waals surface area contributed by atoms with Crippen LogP contribution >= 0.6 is 11.5 Å². The van der Waals surface area contributed by atoms with Crippen molar-refractivity contribution in [3.63, 3.8) is 0 Å². The minimum atomic E-state index is 0.566. The number of hydrogen-bond donors (Lipinski definition) is 1. The van der Waals surface area contributed by atoms with E-state index in [4.69, 9.17) is 0 Å². The molecule has 0 aliphatic heterocycles. The predicted molar refractivity (Wildman–Crippen MR) is 51.4 cm³/mol. The molecule has 0 spiro atoms. The Labute approximate surface area is 77.2 Å². The van der Waals surface area contributed by atoms with Gasteiger partial charge in [0.05, 0.1) is 5.69 Å². The van der Waals surface area contributed by atoms with Gasteiger partial charge in [0.25, 0.3) is 0 Å². The third-order valence-electron chi connectivity index (χ3n) is 2.36. The Morgan fingerprint density at radius 3 is 2.83 bits per heavy atom. The van der Waals surface area contributed by atoms with E-state index < -0.39 is 0 Å². The lowest BCUT2D eigenvalue weighted by molar-refractivity contribution is 0.537. The molecule has 0 radical (unpaired) electrons. The average molecular weight is 182 g/mol. The van der Waals surface area contributed by atoms with Crippen LogP contribution in [0.15, 0.2) is 6.07 Å². The van der Waals surface area contributed by atoms with Gasteiger partial charge in [-0.2, -0.15) is 4.37 Å². The molecule has 1 N–H and O–H groups in total. The molecule has 1 fully saturated rings. The quantitative estimate of drug-likeness (QED) is 0.774. The molecule has 0 aromatic carbocycles. The molecule has 1 aliphatic carbocycles. The van der Waals surface area contributed by atoms with E-state index in [1.807, 2.05) is 7.05 Å². The molecule has 0 saturated heterocycles. The highest BCUT2D eigenvalue weighted by molar-refractivity contribution is 7.05. The summed E-state index contributed by atoms with van der Waals surface area (Å²) in [6, 6.07) is 2.76. The van der Waals surface area contributed by atoms with Gasteiger partial charge in [-0.3, -0.25) is 0 Å². The summed E-state index contributed by atoms with van der Waals surface area (Å²) >= 11 is 1.64. The zero-order valence-electron chi connectivity index (χ0n) is 7.50. The van der Waals surface area contributed by atoms with Crippen molar-refractivity contribution in [1.82, 2.24) is 9.69 Å². The van der Waals surface area contributed by atoms with Gasteiger partial charge in [-0.1, -0.05) is 0 Å². The van der Waals surface area contributed by atoms with E-state index in [0.29, 0.717) is 6.04 Å². The van der Waals surface area contributed by atoms with Crippen molar-refractivity contribution in [2.24, 2.45) is 5.92 Å². The Kier molecular flexibility index (Phi) is 2.15. The molecule has 12 heavy (non-hydrogen) atoms. The number of nitrogens with one attached hydrogen (secondary N) is 1. The lowest BCUT2D eigenvalue weighted by Gasteiger charge is -2.11. The van der Waals surface area contributed by atoms with Gasteiger partial charge in [-0.25, -0.2) is 0 Å². The van der Waals surface area contributed by atoms with Crippen LogP contribution in [0.25, 0.3) is 0 Å². The van der Waals surface area contributed by atoms with Gasteiger partial charge < -0.3 is 5.32 Å². The molecule has 2 rings (SSSR count). The highest BCUT2D eigenvalue weighted by atomic mass is 32.1. The maximum atomic E-state index is 4.30. The Bertz CT molecular complexity index is 265. The lowest BCUT2D eigenvalue weighted by Crippen LogP contribution is -2.16. The minimum absolute atomic E-state index is 0.566. The number of hydrogen-bond acceptors (Lipinski definition) is 3. The van der Waals surface area contributed by atoms with Crippen molar-refractivity contribution < 1.29 is 0 Å². The average Bonchev–Trinajstić information content (AvgIpc) is 2.78. The summed E-state index contributed by atoms with van der Waals surface area (Å²) in [5.41, 5.74) is 1.15. The smallest absolute Gasteiger partial charge is 0.0514 e. The molecule has 1 saturated carbocycles. The van der Waals surface area contributed by atoms with Crippen LogP contribution in [0, 0.1) is 12.8 Å². The lowest BCUT2D eigenvalue weighted by atomic mass is 10.1. The maximum absolute atomic E-state index is 4.30. The summed E-state index contributed by atoms with van der Waals surface area (Å²) < 4.78 is 4.30. The second-order valence-electron chi connectivity index (χ2n) is 3.47. The first kappa shape index (κ1) is 8.20. The van der Waals surface area contributed by atoms with Crippen molar-refractivity contribution in [1.29, 1.82) is 0 Å². The predicted octanol–water partition coefficient (Wildman–Crippen LogP) is 2.12. The fourth-order valence-corrected chi connectivity index (χ4v) is 2.52. The number of rotatable bonds is 3. The van der Waals surface area contributed by atoms with Gasteiger partial charge in [-0.05, 0) is 50.3 Å². The van der Waals surface area contributed by atoms with E-state index in [1.165, 1.54) is 17.7 Å². The first-order valence-electron chi connectivity index (χ1n) is 4.41. The molecule has 1 atom stereocenters. The summed E-state index contributed by atoms with van der Waals surface area (Å²) in [6.07, 6.45) is 2.75. The SMILES string of the molecule is CNC(c1cc(C)ns1)C1CC1. The van der Waals surface area contributed by atoms with Crippen molar-refractivity contribution in [2.75, 3.05) is 7.05 Å². The maximum Gasteiger partial charge on any atom is 0.0514 e. The van der Waals surface area contributed by atoms with Crippen LogP contribution in [0.5, 0.6) is 0 Å². The molecular formula is C9H14N2S. The van der Waals surface area contributed by atoms with Crippen LogP contribution in [-0.2, 0) is 0 Å². The first-order valence-corrected chi connectivity index (χ1v) is 5.19. The number of nitrogens with zero attached hydrogens (tertiary/aromatic N) is 1. The van der Waals surface area contributed by atoms with Crippen molar-refractivity contribution in [3.8, 4) is 0 Å². The third-order valence-corrected chi connectivity index (χ3v) is 3.32. The fraction of sp³-hybridized carbons (Fsp3) is 0.667. The van der Waals surface area contributed by atoms with E-state index >= 15 is 0 Å². The highest BCUT2D eigenvalue weighted by Gasteiger charge is 2.32. The second-order valence-corrected chi connectivity index (χ2v) is 4.31. The second kappa shape index (κ2) is 3.15. The molecule has 1 aliphatic rings. The van der Waals surface area contributed by atoms with E-state index in [1.54, 1.807) is 11.5 Å². The Morgan fingerprint density at radius 1 is 1.67 bits per heavy atom. The van der Waals surface area contributed by atoms with Crippen molar-refractivity contribution >= 4 is 11.5 Å². The van der Waals surface area contributed by atoms with Gasteiger partial charge in [0.2, 0.25) is 0 Å². The molecule has 1 aromatic rings. The van der Waals surface area contributed by atoms with Crippen LogP contribution in [0.1, 0.15) is 29.5 Å². The zero-order chi connectivity index (χ0) is 8.55. The van der Waals surface area contributed by atoms with E-state index in [9.17, 15) is 0 Å². The fourth-order valence-electron chi connectivity index (χ4n) is 1.57. The van der Waals surface area contributed by atoms with Crippen LogP contribution in [0.3, 0.4) is 0 Å². The molecular weight excluding hydrogens is 168 g/mol. The van der Waals surface area contributed by atoms with Gasteiger partial charge in [0, 0.05) is 10.9 Å². The van der Waals surface area contributed by atoms with E-state index in [2.05, 4.69) is 22.7 Å². The van der Waals surface area contributed by atoms with Gasteiger partial charge >= 0.3 is 0 Å². The summed E-state index contributed by atoms with van der Waals surface area (Å²) in [4.78, 5) is 1.40. The molecule has 0 bridgehead atoms. The Morgan fingerprint density at radius 2 is 2.42 bits per heavy atom. The molecule has 3 heteroatoms. The summed E-state index contributed by atoms with van der Waals surface area (Å²) in [7, 11) is 2.04. The van der Waals surface area contributed by atoms with E-state index in [0.717, 1.165) is 11.6 Å². The molecule has 1 unspecified atom stereocenters. The molecule has 1 heterocycles. The minimum Gasteiger partial charge on any atom is -0.312 e. The van der Waals surface area contributed by atoms with Gasteiger partial charge in [0.1, 0.15) is 0 Å². The third kappa shape index (κ3) is 1.52. The normalized spacial score (nSPS) is 19.5. The molecule has 0 amide bonds. The Hall–Kier alpha value is -0.410. The Balaban J connectivity index is 2.15. The van der Waals surface area contributed by atoms with Crippen LogP contribution in [0.2, 0.25) is 0 Å². The van der Waals surface area contributed by atoms with Crippen LogP contribution < -0.4 is 5.32 Å². The van der Waals surface area contributed by atoms with Gasteiger partial charge in [0.15, 0.2) is 0 Å². The largest absolute Gasteiger partial charge is 0.312 e. The summed E-state index contributed by atoms with van der Waals surface area (Å²) in [5.74, 6) is 0.870. The van der Waals surface area contributed by atoms with Crippen molar-refractivity contribution in [3.05, 3.63) is 16.6 Å². The molecule has 2 nitrogen and oxygen atoms in total. The van der Waals surface area contributed by atoms with Crippen LogP contribution in [-0.4, -0.2) is 11.4 Å². The topological polar surface area (TPSA) is 24.9 Å². The summed E-state index contributed by atoms with van der Waals surface area (Å²) in [6.45, 7) is 2.06. The number of aromatic nitrogens is 1. The zero-order valence-corrected chi connectivity index (χ0v) is 8.32. The summed E-state index contributed by atoms with van der Waals surface area (Å²) in [5, 5.41) is 3.36. The number of aryl methyl sites for hydroxylation is 1.